The van der Waals surface area contributed by atoms with Crippen LogP contribution in [0.4, 0.5) is 5.69 Å². The van der Waals surface area contributed by atoms with Crippen molar-refractivity contribution in [3.05, 3.63) is 45.9 Å². The Hall–Kier alpha value is -1.56. The fraction of sp³-hybridized carbons (Fsp3) is 0.0769. The molecule has 0 atom stereocenters. The molecule has 0 spiro atoms. The largest absolute Gasteiger partial charge is 0.508 e. The first-order valence-corrected chi connectivity index (χ1v) is 7.26. The lowest BCUT2D eigenvalue weighted by Crippen LogP contribution is -2.00. The van der Waals surface area contributed by atoms with E-state index >= 15 is 0 Å². The number of nitrogens with one attached hydrogen (secondary N) is 1. The molecule has 0 saturated heterocycles. The van der Waals surface area contributed by atoms with E-state index in [1.807, 2.05) is 6.07 Å². The Balaban J connectivity index is 1.93. The van der Waals surface area contributed by atoms with E-state index in [1.54, 1.807) is 24.3 Å². The number of phenolic OH excluding ortho intramolecular Hbond substituents is 1. The van der Waals surface area contributed by atoms with Gasteiger partial charge >= 0.3 is 0 Å². The molecule has 0 unspecified atom stereocenters. The topological polar surface area (TPSA) is 58.0 Å². The highest BCUT2D eigenvalue weighted by Crippen LogP contribution is 2.35. The first-order valence-electron chi connectivity index (χ1n) is 5.77. The lowest BCUT2D eigenvalue weighted by Gasteiger charge is -2.10. The van der Waals surface area contributed by atoms with Crippen LogP contribution in [0.15, 0.2) is 30.3 Å². The molecular weight excluding hydrogens is 317 g/mol. The summed E-state index contributed by atoms with van der Waals surface area (Å²) in [6.45, 7) is 0.516. The Bertz CT molecular complexity index is 775. The molecule has 3 aromatic rings. The minimum absolute atomic E-state index is 0.229. The summed E-state index contributed by atoms with van der Waals surface area (Å²) in [7, 11) is 0. The number of fused-ring (bicyclic) bond motifs is 1. The number of halogens is 2. The highest BCUT2D eigenvalue weighted by molar-refractivity contribution is 7.00. The van der Waals surface area contributed by atoms with Gasteiger partial charge in [-0.1, -0.05) is 35.3 Å². The molecule has 2 aromatic carbocycles. The van der Waals surface area contributed by atoms with Gasteiger partial charge < -0.3 is 10.4 Å². The minimum Gasteiger partial charge on any atom is -0.508 e. The van der Waals surface area contributed by atoms with Gasteiger partial charge in [-0.05, 0) is 23.8 Å². The van der Waals surface area contributed by atoms with Crippen LogP contribution in [-0.2, 0) is 6.54 Å². The number of hydrogen-bond donors (Lipinski definition) is 2. The molecule has 3 rings (SSSR count). The Morgan fingerprint density at radius 1 is 1.10 bits per heavy atom. The summed E-state index contributed by atoms with van der Waals surface area (Å²) >= 11 is 13.4. The second-order valence-electron chi connectivity index (χ2n) is 4.20. The van der Waals surface area contributed by atoms with Crippen molar-refractivity contribution in [2.24, 2.45) is 0 Å². The van der Waals surface area contributed by atoms with Crippen LogP contribution in [0.1, 0.15) is 5.56 Å². The van der Waals surface area contributed by atoms with Crippen LogP contribution in [0.5, 0.6) is 5.75 Å². The van der Waals surface area contributed by atoms with E-state index in [0.717, 1.165) is 17.3 Å². The smallest absolute Gasteiger partial charge is 0.130 e. The zero-order valence-electron chi connectivity index (χ0n) is 10.1. The monoisotopic (exact) mass is 325 g/mol. The lowest BCUT2D eigenvalue weighted by atomic mass is 10.2. The second kappa shape index (κ2) is 5.44. The standard InChI is InChI=1S/C13H9Cl2N3OS/c14-9-5-10(15)12-13(18-20-17-12)11(9)16-6-7-2-1-3-8(19)4-7/h1-5,16,19H,6H2. The molecule has 2 N–H and O–H groups in total. The summed E-state index contributed by atoms with van der Waals surface area (Å²) in [6, 6.07) is 8.66. The van der Waals surface area contributed by atoms with Gasteiger partial charge in [0.15, 0.2) is 0 Å². The van der Waals surface area contributed by atoms with Crippen LogP contribution in [0.3, 0.4) is 0 Å². The van der Waals surface area contributed by atoms with E-state index in [9.17, 15) is 5.11 Å². The quantitative estimate of drug-likeness (QED) is 0.753. The van der Waals surface area contributed by atoms with Gasteiger partial charge in [0.25, 0.3) is 0 Å². The molecule has 0 radical (unpaired) electrons. The van der Waals surface area contributed by atoms with Gasteiger partial charge in [-0.3, -0.25) is 0 Å². The Morgan fingerprint density at radius 3 is 2.70 bits per heavy atom. The van der Waals surface area contributed by atoms with Crippen LogP contribution in [0, 0.1) is 0 Å². The average molecular weight is 326 g/mol. The van der Waals surface area contributed by atoms with Crippen LogP contribution in [-0.4, -0.2) is 13.9 Å². The van der Waals surface area contributed by atoms with Gasteiger partial charge in [-0.25, -0.2) is 0 Å². The first kappa shape index (κ1) is 13.4. The maximum atomic E-state index is 9.45. The third kappa shape index (κ3) is 2.52. The predicted octanol–water partition coefficient (Wildman–Crippen LogP) is 4.32. The molecule has 0 amide bonds. The Labute approximate surface area is 129 Å². The van der Waals surface area contributed by atoms with Gasteiger partial charge in [-0.15, -0.1) is 0 Å². The van der Waals surface area contributed by atoms with E-state index in [4.69, 9.17) is 23.2 Å². The molecule has 1 aromatic heterocycles. The number of benzene rings is 2. The Kier molecular flexibility index (Phi) is 3.65. The molecule has 0 aliphatic rings. The third-order valence-electron chi connectivity index (χ3n) is 2.82. The van der Waals surface area contributed by atoms with Crippen molar-refractivity contribution in [2.75, 3.05) is 5.32 Å². The maximum Gasteiger partial charge on any atom is 0.130 e. The number of nitrogens with zero attached hydrogens (tertiary/aromatic N) is 2. The molecule has 0 aliphatic heterocycles. The molecule has 1 heterocycles. The van der Waals surface area contributed by atoms with E-state index in [2.05, 4.69) is 14.1 Å². The van der Waals surface area contributed by atoms with E-state index in [1.165, 1.54) is 0 Å². The maximum absolute atomic E-state index is 9.45. The number of hydrogen-bond acceptors (Lipinski definition) is 5. The fourth-order valence-electron chi connectivity index (χ4n) is 1.90. The van der Waals surface area contributed by atoms with Crippen molar-refractivity contribution >= 4 is 51.7 Å². The summed E-state index contributed by atoms with van der Waals surface area (Å²) in [5, 5.41) is 13.6. The molecule has 0 aliphatic carbocycles. The van der Waals surface area contributed by atoms with Gasteiger partial charge in [0, 0.05) is 6.54 Å². The molecule has 0 fully saturated rings. The van der Waals surface area contributed by atoms with Gasteiger partial charge in [-0.2, -0.15) is 8.75 Å². The zero-order valence-corrected chi connectivity index (χ0v) is 12.4. The number of aromatic nitrogens is 2. The van der Waals surface area contributed by atoms with Gasteiger partial charge in [0.05, 0.1) is 27.5 Å². The van der Waals surface area contributed by atoms with Crippen molar-refractivity contribution in [2.45, 2.75) is 6.54 Å². The molecule has 0 bridgehead atoms. The third-order valence-corrected chi connectivity index (χ3v) is 3.94. The number of phenols is 1. The number of aromatic hydroxyl groups is 1. The number of anilines is 1. The molecule has 4 nitrogen and oxygen atoms in total. The van der Waals surface area contributed by atoms with E-state index < -0.39 is 0 Å². The number of rotatable bonds is 3. The van der Waals surface area contributed by atoms with E-state index in [-0.39, 0.29) is 5.75 Å². The lowest BCUT2D eigenvalue weighted by molar-refractivity contribution is 0.474. The minimum atomic E-state index is 0.229. The van der Waals surface area contributed by atoms with Crippen molar-refractivity contribution in [3.63, 3.8) is 0 Å². The van der Waals surface area contributed by atoms with Crippen LogP contribution in [0.2, 0.25) is 10.0 Å². The highest BCUT2D eigenvalue weighted by atomic mass is 35.5. The van der Waals surface area contributed by atoms with Crippen LogP contribution >= 0.6 is 34.9 Å². The summed E-state index contributed by atoms with van der Waals surface area (Å²) < 4.78 is 8.37. The molecular formula is C13H9Cl2N3OS. The van der Waals surface area contributed by atoms with Crippen molar-refractivity contribution in [3.8, 4) is 5.75 Å². The molecule has 7 heteroatoms. The molecule has 20 heavy (non-hydrogen) atoms. The van der Waals surface area contributed by atoms with Crippen molar-refractivity contribution in [1.29, 1.82) is 0 Å². The summed E-state index contributed by atoms with van der Waals surface area (Å²) in [5.74, 6) is 0.229. The molecule has 102 valence electrons. The first-order chi connectivity index (χ1) is 9.65. The van der Waals surface area contributed by atoms with Crippen LogP contribution in [0.25, 0.3) is 11.0 Å². The second-order valence-corrected chi connectivity index (χ2v) is 5.54. The van der Waals surface area contributed by atoms with Gasteiger partial charge in [0.1, 0.15) is 16.8 Å². The zero-order chi connectivity index (χ0) is 14.1. The predicted molar refractivity (Wildman–Crippen MR) is 82.9 cm³/mol. The highest BCUT2D eigenvalue weighted by Gasteiger charge is 2.13. The summed E-state index contributed by atoms with van der Waals surface area (Å²) in [6.07, 6.45) is 0. The summed E-state index contributed by atoms with van der Waals surface area (Å²) in [4.78, 5) is 0. The van der Waals surface area contributed by atoms with Crippen molar-refractivity contribution < 1.29 is 5.11 Å². The van der Waals surface area contributed by atoms with Crippen LogP contribution < -0.4 is 5.32 Å². The normalized spacial score (nSPS) is 10.9. The van der Waals surface area contributed by atoms with Gasteiger partial charge in [0.2, 0.25) is 0 Å². The average Bonchev–Trinajstić information content (AvgIpc) is 2.88. The summed E-state index contributed by atoms with van der Waals surface area (Å²) in [5.41, 5.74) is 2.93. The fourth-order valence-corrected chi connectivity index (χ4v) is 3.08. The Morgan fingerprint density at radius 2 is 1.90 bits per heavy atom. The van der Waals surface area contributed by atoms with Crippen molar-refractivity contribution in [1.82, 2.24) is 8.75 Å². The van der Waals surface area contributed by atoms with E-state index in [0.29, 0.717) is 33.3 Å². The SMILES string of the molecule is Oc1cccc(CNc2c(Cl)cc(Cl)c3nsnc23)c1. The molecule has 0 saturated carbocycles.